The second-order valence-electron chi connectivity index (χ2n) is 9.37. The van der Waals surface area contributed by atoms with E-state index in [0.717, 1.165) is 12.0 Å². The van der Waals surface area contributed by atoms with Crippen molar-refractivity contribution >= 4 is 23.1 Å². The Balaban J connectivity index is 2.04. The molecule has 1 atom stereocenters. The molecule has 0 aliphatic rings. The summed E-state index contributed by atoms with van der Waals surface area (Å²) in [6.07, 6.45) is 1.53. The van der Waals surface area contributed by atoms with Gasteiger partial charge in [-0.1, -0.05) is 0 Å². The molecule has 0 N–H and O–H groups in total. The SMILES string of the molecule is CC(C)(CCOCc1ccccc1)C[CH](S(=O)(=O)c1ccccc1)[Ge]([CH3])([CH3])[CH3]. The van der Waals surface area contributed by atoms with Crippen LogP contribution in [-0.4, -0.2) is 32.4 Å². The van der Waals surface area contributed by atoms with Crippen LogP contribution in [0.5, 0.6) is 0 Å². The summed E-state index contributed by atoms with van der Waals surface area (Å²) in [7, 11) is -3.32. The number of hydrogen-bond acceptors (Lipinski definition) is 3. The molecule has 0 amide bonds. The van der Waals surface area contributed by atoms with Gasteiger partial charge in [-0.25, -0.2) is 0 Å². The van der Waals surface area contributed by atoms with Gasteiger partial charge < -0.3 is 0 Å². The summed E-state index contributed by atoms with van der Waals surface area (Å²) in [6.45, 7) is 5.57. The van der Waals surface area contributed by atoms with E-state index in [0.29, 0.717) is 24.5 Å². The van der Waals surface area contributed by atoms with Gasteiger partial charge in [-0.3, -0.25) is 0 Å². The van der Waals surface area contributed by atoms with E-state index in [4.69, 9.17) is 4.74 Å². The number of benzene rings is 2. The molecule has 154 valence electrons. The summed E-state index contributed by atoms with van der Waals surface area (Å²) in [5.41, 5.74) is 1.07. The van der Waals surface area contributed by atoms with E-state index in [-0.39, 0.29) is 9.50 Å². The molecule has 28 heavy (non-hydrogen) atoms. The van der Waals surface area contributed by atoms with Crippen LogP contribution in [0.3, 0.4) is 0 Å². The third kappa shape index (κ3) is 6.75. The van der Waals surface area contributed by atoms with Crippen molar-refractivity contribution in [1.82, 2.24) is 0 Å². The first-order valence-electron chi connectivity index (χ1n) is 9.93. The van der Waals surface area contributed by atoms with Gasteiger partial charge in [-0.2, -0.15) is 0 Å². The molecule has 0 bridgehead atoms. The Labute approximate surface area is 173 Å². The summed E-state index contributed by atoms with van der Waals surface area (Å²) in [6, 6.07) is 19.1. The van der Waals surface area contributed by atoms with E-state index < -0.39 is 23.1 Å². The van der Waals surface area contributed by atoms with E-state index in [1.165, 1.54) is 0 Å². The van der Waals surface area contributed by atoms with Crippen molar-refractivity contribution in [3.05, 3.63) is 66.2 Å². The van der Waals surface area contributed by atoms with E-state index in [1.54, 1.807) is 12.1 Å². The summed E-state index contributed by atoms with van der Waals surface area (Å²) >= 11 is -2.50. The molecule has 0 saturated carbocycles. The van der Waals surface area contributed by atoms with Crippen LogP contribution >= 0.6 is 0 Å². The van der Waals surface area contributed by atoms with Crippen LogP contribution < -0.4 is 0 Å². The van der Waals surface area contributed by atoms with Crippen molar-refractivity contribution in [2.75, 3.05) is 6.61 Å². The van der Waals surface area contributed by atoms with Gasteiger partial charge in [0, 0.05) is 0 Å². The van der Waals surface area contributed by atoms with Crippen LogP contribution in [0.2, 0.25) is 17.3 Å². The molecule has 0 saturated heterocycles. The molecular weight excluding hydrogens is 429 g/mol. The normalized spacial score (nSPS) is 14.0. The number of hydrogen-bond donors (Lipinski definition) is 0. The van der Waals surface area contributed by atoms with E-state index in [9.17, 15) is 8.42 Å². The molecule has 0 aliphatic carbocycles. The second kappa shape index (κ2) is 9.59. The first-order chi connectivity index (χ1) is 13.0. The van der Waals surface area contributed by atoms with Crippen LogP contribution in [0.1, 0.15) is 32.3 Å². The molecule has 0 aromatic heterocycles. The van der Waals surface area contributed by atoms with E-state index in [1.807, 2.05) is 36.4 Å². The Morgan fingerprint density at radius 3 is 2.00 bits per heavy atom. The van der Waals surface area contributed by atoms with Crippen LogP contribution in [-0.2, 0) is 21.2 Å². The van der Waals surface area contributed by atoms with Gasteiger partial charge in [0.2, 0.25) is 0 Å². The van der Waals surface area contributed by atoms with Crippen molar-refractivity contribution in [3.8, 4) is 0 Å². The van der Waals surface area contributed by atoms with E-state index >= 15 is 0 Å². The number of ether oxygens (including phenoxy) is 1. The first-order valence-corrected chi connectivity index (χ1v) is 19.0. The minimum atomic E-state index is -3.32. The molecule has 5 heteroatoms. The van der Waals surface area contributed by atoms with Crippen molar-refractivity contribution in [2.24, 2.45) is 5.41 Å². The van der Waals surface area contributed by atoms with Crippen LogP contribution in [0.4, 0.5) is 0 Å². The molecule has 3 nitrogen and oxygen atoms in total. The van der Waals surface area contributed by atoms with E-state index in [2.05, 4.69) is 43.2 Å². The summed E-state index contributed by atoms with van der Waals surface area (Å²) in [5.74, 6) is 6.60. The molecule has 2 aromatic rings. The van der Waals surface area contributed by atoms with Crippen molar-refractivity contribution in [1.29, 1.82) is 0 Å². The Hall–Kier alpha value is -1.11. The quantitative estimate of drug-likeness (QED) is 0.334. The van der Waals surface area contributed by atoms with Crippen LogP contribution in [0, 0.1) is 5.41 Å². The van der Waals surface area contributed by atoms with Crippen LogP contribution in [0.15, 0.2) is 65.6 Å². The van der Waals surface area contributed by atoms with Crippen LogP contribution in [0.25, 0.3) is 0 Å². The standard InChI is InChI=1S/C23H34GeO3S/c1-23(2,16-17-27-19-20-12-8-6-9-13-20)18-22(24(3,4)5)28(25,26)21-14-10-7-11-15-21/h6-15,22H,16-19H2,1-5H3. The molecule has 0 aliphatic heterocycles. The van der Waals surface area contributed by atoms with Gasteiger partial charge in [-0.05, 0) is 0 Å². The van der Waals surface area contributed by atoms with Crippen molar-refractivity contribution in [3.63, 3.8) is 0 Å². The molecule has 0 radical (unpaired) electrons. The molecule has 0 spiro atoms. The van der Waals surface area contributed by atoms with Crippen molar-refractivity contribution in [2.45, 2.75) is 59.5 Å². The monoisotopic (exact) mass is 464 g/mol. The molecular formula is C23H34GeO3S. The Morgan fingerprint density at radius 2 is 1.46 bits per heavy atom. The minimum absolute atomic E-state index is 0.0955. The molecule has 2 rings (SSSR count). The fourth-order valence-electron chi connectivity index (χ4n) is 3.37. The fourth-order valence-corrected chi connectivity index (χ4v) is 15.0. The number of rotatable bonds is 10. The van der Waals surface area contributed by atoms with Gasteiger partial charge >= 0.3 is 174 Å². The van der Waals surface area contributed by atoms with Gasteiger partial charge in [0.25, 0.3) is 0 Å². The topological polar surface area (TPSA) is 43.4 Å². The molecule has 1 unspecified atom stereocenters. The summed E-state index contributed by atoms with van der Waals surface area (Å²) < 4.78 is 32.4. The average Bonchev–Trinajstić information content (AvgIpc) is 2.64. The zero-order chi connectivity index (χ0) is 20.8. The maximum absolute atomic E-state index is 13.4. The predicted molar refractivity (Wildman–Crippen MR) is 120 cm³/mol. The fraction of sp³-hybridized carbons (Fsp3) is 0.478. The van der Waals surface area contributed by atoms with Gasteiger partial charge in [0.05, 0.1) is 0 Å². The van der Waals surface area contributed by atoms with Gasteiger partial charge in [0.15, 0.2) is 0 Å². The Morgan fingerprint density at radius 1 is 0.929 bits per heavy atom. The Kier molecular flexibility index (Phi) is 7.94. The molecule has 0 heterocycles. The molecule has 2 aromatic carbocycles. The summed E-state index contributed by atoms with van der Waals surface area (Å²) in [4.78, 5) is 0.455. The second-order valence-corrected chi connectivity index (χ2v) is 23.8. The van der Waals surface area contributed by atoms with Gasteiger partial charge in [0.1, 0.15) is 0 Å². The third-order valence-corrected chi connectivity index (χ3v) is 17.1. The predicted octanol–water partition coefficient (Wildman–Crippen LogP) is 5.73. The average molecular weight is 463 g/mol. The van der Waals surface area contributed by atoms with Crippen molar-refractivity contribution < 1.29 is 13.2 Å². The zero-order valence-corrected chi connectivity index (χ0v) is 20.7. The van der Waals surface area contributed by atoms with Gasteiger partial charge in [-0.15, -0.1) is 0 Å². The number of sulfone groups is 1. The summed E-state index contributed by atoms with van der Waals surface area (Å²) in [5, 5.41) is 0. The third-order valence-electron chi connectivity index (χ3n) is 5.18. The first kappa shape index (κ1) is 23.2. The zero-order valence-electron chi connectivity index (χ0n) is 17.8. The maximum atomic E-state index is 13.4. The Bertz CT molecular complexity index is 825. The molecule has 0 fully saturated rings.